The lowest BCUT2D eigenvalue weighted by Crippen LogP contribution is -2.43. The predicted molar refractivity (Wildman–Crippen MR) is 119 cm³/mol. The Kier molecular flexibility index (Phi) is 5.35. The standard InChI is InChI=1S/C22H27N5O3S/c1-15-14-19(27(25-15)22(2,3)4)24-21(28)17-10-7-13-26(17)31(29,30)18-11-5-8-16-9-6-12-23-20(16)18/h5-6,8-9,11-12,14,17H,7,10,13H2,1-4H3,(H,24,28)/t17-/m0/s1. The maximum absolute atomic E-state index is 13.5. The number of nitrogens with zero attached hydrogens (tertiary/aromatic N) is 4. The first-order valence-electron chi connectivity index (χ1n) is 10.3. The summed E-state index contributed by atoms with van der Waals surface area (Å²) in [6, 6.07) is 9.68. The third kappa shape index (κ3) is 3.95. The lowest BCUT2D eigenvalue weighted by Gasteiger charge is -2.26. The van der Waals surface area contributed by atoms with Crippen LogP contribution in [0.15, 0.2) is 47.5 Å². The van der Waals surface area contributed by atoms with Crippen LogP contribution in [0, 0.1) is 6.92 Å². The number of aromatic nitrogens is 3. The summed E-state index contributed by atoms with van der Waals surface area (Å²) >= 11 is 0. The van der Waals surface area contributed by atoms with Gasteiger partial charge in [0.25, 0.3) is 0 Å². The van der Waals surface area contributed by atoms with Crippen molar-refractivity contribution in [1.82, 2.24) is 19.1 Å². The van der Waals surface area contributed by atoms with E-state index in [2.05, 4.69) is 15.4 Å². The monoisotopic (exact) mass is 441 g/mol. The molecular weight excluding hydrogens is 414 g/mol. The fraction of sp³-hybridized carbons (Fsp3) is 0.409. The highest BCUT2D eigenvalue weighted by Gasteiger charge is 2.40. The van der Waals surface area contributed by atoms with Crippen LogP contribution in [0.4, 0.5) is 5.82 Å². The maximum atomic E-state index is 13.5. The van der Waals surface area contributed by atoms with E-state index in [4.69, 9.17) is 0 Å². The Morgan fingerprint density at radius 2 is 1.94 bits per heavy atom. The van der Waals surface area contributed by atoms with Gasteiger partial charge in [0.15, 0.2) is 0 Å². The van der Waals surface area contributed by atoms with Crippen molar-refractivity contribution in [1.29, 1.82) is 0 Å². The van der Waals surface area contributed by atoms with Crippen LogP contribution in [0.5, 0.6) is 0 Å². The molecular formula is C22H27N5O3S. The zero-order valence-corrected chi connectivity index (χ0v) is 19.0. The molecule has 31 heavy (non-hydrogen) atoms. The molecule has 8 nitrogen and oxygen atoms in total. The molecule has 1 fully saturated rings. The minimum absolute atomic E-state index is 0.126. The summed E-state index contributed by atoms with van der Waals surface area (Å²) in [4.78, 5) is 17.6. The van der Waals surface area contributed by atoms with Crippen LogP contribution in [0.2, 0.25) is 0 Å². The highest BCUT2D eigenvalue weighted by Crippen LogP contribution is 2.31. The number of carbonyl (C=O) groups is 1. The zero-order chi connectivity index (χ0) is 22.4. The molecule has 1 saturated heterocycles. The minimum Gasteiger partial charge on any atom is -0.309 e. The van der Waals surface area contributed by atoms with Crippen molar-refractivity contribution >= 4 is 32.7 Å². The maximum Gasteiger partial charge on any atom is 0.245 e. The van der Waals surface area contributed by atoms with E-state index in [1.54, 1.807) is 35.1 Å². The number of para-hydroxylation sites is 1. The number of sulfonamides is 1. The zero-order valence-electron chi connectivity index (χ0n) is 18.2. The number of aryl methyl sites for hydroxylation is 1. The summed E-state index contributed by atoms with van der Waals surface area (Å²) in [6.07, 6.45) is 2.66. The number of rotatable bonds is 4. The molecule has 0 saturated carbocycles. The van der Waals surface area contributed by atoms with Crippen LogP contribution in [-0.2, 0) is 20.4 Å². The number of nitrogens with one attached hydrogen (secondary N) is 1. The number of amides is 1. The van der Waals surface area contributed by atoms with Gasteiger partial charge >= 0.3 is 0 Å². The Bertz CT molecular complexity index is 1240. The van der Waals surface area contributed by atoms with Crippen molar-refractivity contribution in [2.75, 3.05) is 11.9 Å². The molecule has 9 heteroatoms. The topological polar surface area (TPSA) is 97.2 Å². The molecule has 1 aromatic carbocycles. The van der Waals surface area contributed by atoms with E-state index in [1.807, 2.05) is 39.8 Å². The molecule has 1 N–H and O–H groups in total. The molecule has 1 amide bonds. The van der Waals surface area contributed by atoms with Gasteiger partial charge in [-0.25, -0.2) is 13.1 Å². The summed E-state index contributed by atoms with van der Waals surface area (Å²) in [5.74, 6) is 0.214. The van der Waals surface area contributed by atoms with Crippen LogP contribution >= 0.6 is 0 Å². The van der Waals surface area contributed by atoms with Crippen molar-refractivity contribution < 1.29 is 13.2 Å². The fourth-order valence-electron chi connectivity index (χ4n) is 4.01. The van der Waals surface area contributed by atoms with Crippen molar-refractivity contribution in [2.45, 2.75) is 57.0 Å². The Morgan fingerprint density at radius 1 is 1.19 bits per heavy atom. The van der Waals surface area contributed by atoms with E-state index in [-0.39, 0.29) is 16.3 Å². The normalized spacial score (nSPS) is 17.9. The molecule has 1 aliphatic rings. The van der Waals surface area contributed by atoms with Crippen molar-refractivity contribution in [3.8, 4) is 0 Å². The van der Waals surface area contributed by atoms with Gasteiger partial charge in [0.1, 0.15) is 16.8 Å². The van der Waals surface area contributed by atoms with Gasteiger partial charge in [0.2, 0.25) is 15.9 Å². The predicted octanol–water partition coefficient (Wildman–Crippen LogP) is 3.29. The molecule has 0 bridgehead atoms. The van der Waals surface area contributed by atoms with E-state index < -0.39 is 16.1 Å². The van der Waals surface area contributed by atoms with Crippen LogP contribution in [0.1, 0.15) is 39.3 Å². The number of fused-ring (bicyclic) bond motifs is 1. The summed E-state index contributed by atoms with van der Waals surface area (Å²) < 4.78 is 30.1. The number of anilines is 1. The first-order valence-corrected chi connectivity index (χ1v) is 11.8. The Balaban J connectivity index is 1.66. The first-order chi connectivity index (χ1) is 14.6. The second kappa shape index (κ2) is 7.72. The van der Waals surface area contributed by atoms with Crippen LogP contribution in [-0.4, -0.2) is 46.0 Å². The van der Waals surface area contributed by atoms with Gasteiger partial charge < -0.3 is 5.32 Å². The van der Waals surface area contributed by atoms with Gasteiger partial charge in [-0.3, -0.25) is 9.78 Å². The number of benzene rings is 1. The van der Waals surface area contributed by atoms with Gasteiger partial charge in [-0.05, 0) is 52.7 Å². The second-order valence-corrected chi connectivity index (χ2v) is 10.7. The minimum atomic E-state index is -3.90. The smallest absolute Gasteiger partial charge is 0.245 e. The second-order valence-electron chi connectivity index (χ2n) is 8.85. The number of carbonyl (C=O) groups excluding carboxylic acids is 1. The van der Waals surface area contributed by atoms with E-state index in [1.165, 1.54) is 4.31 Å². The van der Waals surface area contributed by atoms with Crippen LogP contribution in [0.3, 0.4) is 0 Å². The van der Waals surface area contributed by atoms with Gasteiger partial charge in [0.05, 0.1) is 16.7 Å². The third-order valence-electron chi connectivity index (χ3n) is 5.41. The largest absolute Gasteiger partial charge is 0.309 e. The quantitative estimate of drug-likeness (QED) is 0.670. The van der Waals surface area contributed by atoms with E-state index in [0.29, 0.717) is 30.7 Å². The van der Waals surface area contributed by atoms with E-state index in [0.717, 1.165) is 11.1 Å². The Morgan fingerprint density at radius 3 is 2.68 bits per heavy atom. The molecule has 1 atom stereocenters. The molecule has 0 unspecified atom stereocenters. The van der Waals surface area contributed by atoms with Gasteiger partial charge in [-0.15, -0.1) is 0 Å². The molecule has 164 valence electrons. The highest BCUT2D eigenvalue weighted by molar-refractivity contribution is 7.89. The SMILES string of the molecule is Cc1cc(NC(=O)[C@@H]2CCCN2S(=O)(=O)c2cccc3cccnc23)n(C(C)(C)C)n1. The first kappa shape index (κ1) is 21.5. The van der Waals surface area contributed by atoms with Crippen LogP contribution < -0.4 is 5.32 Å². The summed E-state index contributed by atoms with van der Waals surface area (Å²) in [6.45, 7) is 8.14. The van der Waals surface area contributed by atoms with Crippen molar-refractivity contribution in [2.24, 2.45) is 0 Å². The fourth-order valence-corrected chi connectivity index (χ4v) is 5.83. The molecule has 0 aliphatic carbocycles. The molecule has 0 radical (unpaired) electrons. The number of hydrogen-bond donors (Lipinski definition) is 1. The molecule has 0 spiro atoms. The molecule has 3 heterocycles. The number of pyridine rings is 1. The summed E-state index contributed by atoms with van der Waals surface area (Å²) in [5, 5.41) is 8.13. The van der Waals surface area contributed by atoms with E-state index >= 15 is 0 Å². The molecule has 3 aromatic rings. The highest BCUT2D eigenvalue weighted by atomic mass is 32.2. The average molecular weight is 442 g/mol. The summed E-state index contributed by atoms with van der Waals surface area (Å²) in [7, 11) is -3.90. The Hall–Kier alpha value is -2.78. The third-order valence-corrected chi connectivity index (χ3v) is 7.35. The molecule has 4 rings (SSSR count). The molecule has 1 aliphatic heterocycles. The van der Waals surface area contributed by atoms with Crippen molar-refractivity contribution in [3.05, 3.63) is 48.3 Å². The average Bonchev–Trinajstić information content (AvgIpc) is 3.34. The lowest BCUT2D eigenvalue weighted by atomic mass is 10.1. The van der Waals surface area contributed by atoms with E-state index in [9.17, 15) is 13.2 Å². The van der Waals surface area contributed by atoms with Gasteiger partial charge in [-0.2, -0.15) is 9.40 Å². The van der Waals surface area contributed by atoms with Gasteiger partial charge in [0, 0.05) is 24.2 Å². The molecule has 2 aromatic heterocycles. The Labute approximate surface area is 182 Å². The van der Waals surface area contributed by atoms with Gasteiger partial charge in [-0.1, -0.05) is 18.2 Å². The summed E-state index contributed by atoms with van der Waals surface area (Å²) in [5.41, 5.74) is 0.868. The van der Waals surface area contributed by atoms with Crippen LogP contribution in [0.25, 0.3) is 10.9 Å². The lowest BCUT2D eigenvalue weighted by molar-refractivity contribution is -0.119. The van der Waals surface area contributed by atoms with Crippen molar-refractivity contribution in [3.63, 3.8) is 0 Å². The number of hydrogen-bond acceptors (Lipinski definition) is 5.